The van der Waals surface area contributed by atoms with Crippen molar-refractivity contribution in [3.05, 3.63) is 34.4 Å². The lowest BCUT2D eigenvalue weighted by Gasteiger charge is -3.06. The highest BCUT2D eigenvalue weighted by molar-refractivity contribution is 6.16. The van der Waals surface area contributed by atoms with Crippen molar-refractivity contribution in [2.24, 2.45) is 102 Å². The number of esters is 12. The minimum atomic E-state index is -2.63. The number of methoxy groups -OCH3 is 12. The molecule has 0 aromatic rings. The Labute approximate surface area is 407 Å². The van der Waals surface area contributed by atoms with Gasteiger partial charge in [0, 0.05) is 23.7 Å². The van der Waals surface area contributed by atoms with Gasteiger partial charge in [0.15, 0.2) is 0 Å². The lowest BCUT2D eigenvalue weighted by atomic mass is 8.91. The Morgan fingerprint density at radius 1 is 0.292 bits per heavy atom. The summed E-state index contributed by atoms with van der Waals surface area (Å²) < 4.78 is 64.6. The van der Waals surface area contributed by atoms with Crippen LogP contribution in [0.25, 0.3) is 0 Å². The maximum Gasteiger partial charge on any atom is 0.338 e. The summed E-state index contributed by atoms with van der Waals surface area (Å²) in [6, 6.07) is 0. The van der Waals surface area contributed by atoms with E-state index in [1.807, 2.05) is 0 Å². The van der Waals surface area contributed by atoms with Gasteiger partial charge in [-0.15, -0.1) is 0 Å². The molecule has 10 rings (SSSR count). The van der Waals surface area contributed by atoms with Crippen LogP contribution in [0, 0.1) is 102 Å². The van der Waals surface area contributed by atoms with E-state index in [1.54, 1.807) is 0 Å². The zero-order valence-electron chi connectivity index (χ0n) is 40.7. The minimum Gasteiger partial charge on any atom is -0.469 e. The monoisotopic (exact) mass is 1010 g/mol. The second-order valence-electron chi connectivity index (χ2n) is 19.7. The van der Waals surface area contributed by atoms with Crippen LogP contribution in [-0.4, -0.2) is 157 Å². The third-order valence-corrected chi connectivity index (χ3v) is 20.1. The first-order valence-electron chi connectivity index (χ1n) is 22.4. The molecule has 0 unspecified atom stereocenters. The molecule has 0 radical (unpaired) electrons. The van der Waals surface area contributed by atoms with Crippen LogP contribution in [0.5, 0.6) is 0 Å². The summed E-state index contributed by atoms with van der Waals surface area (Å²) in [6.07, 6.45) is 2.50. The molecule has 0 bridgehead atoms. The van der Waals surface area contributed by atoms with E-state index in [-0.39, 0.29) is 0 Å². The molecule has 0 amide bonds. The van der Waals surface area contributed by atoms with Crippen LogP contribution >= 0.6 is 0 Å². The maximum atomic E-state index is 15.6. The molecule has 0 spiro atoms. The largest absolute Gasteiger partial charge is 0.469 e. The number of carbonyl (C=O) groups is 12. The Hall–Kier alpha value is -7.14. The number of allylic oxidation sites excluding steroid dienone is 1. The van der Waals surface area contributed by atoms with E-state index in [2.05, 4.69) is 0 Å². The molecule has 24 nitrogen and oxygen atoms in total. The van der Waals surface area contributed by atoms with E-state index >= 15 is 38.4 Å². The summed E-state index contributed by atoms with van der Waals surface area (Å²) in [5.74, 6) is -30.9. The molecular formula is C48H48O24. The Kier molecular flexibility index (Phi) is 9.63. The van der Waals surface area contributed by atoms with Crippen LogP contribution in [0.1, 0.15) is 0 Å². The third kappa shape index (κ3) is 3.62. The third-order valence-electron chi connectivity index (χ3n) is 20.1. The van der Waals surface area contributed by atoms with Crippen molar-refractivity contribution in [3.8, 4) is 0 Å². The Morgan fingerprint density at radius 2 is 0.528 bits per heavy atom. The highest BCUT2D eigenvalue weighted by atomic mass is 16.6. The molecule has 0 heterocycles. The van der Waals surface area contributed by atoms with Gasteiger partial charge >= 0.3 is 71.6 Å². The first-order valence-corrected chi connectivity index (χ1v) is 22.4. The summed E-state index contributed by atoms with van der Waals surface area (Å²) >= 11 is 0. The average Bonchev–Trinajstić information content (AvgIpc) is 3.38. The molecule has 10 aliphatic rings. The molecule has 8 fully saturated rings. The van der Waals surface area contributed by atoms with Crippen molar-refractivity contribution < 1.29 is 114 Å². The number of hydrogen-bond donors (Lipinski definition) is 0. The Morgan fingerprint density at radius 3 is 0.819 bits per heavy atom. The highest BCUT2D eigenvalue weighted by Gasteiger charge is 3.22. The number of hydrogen-bond acceptors (Lipinski definition) is 24. The minimum absolute atomic E-state index is 0.413. The second-order valence-corrected chi connectivity index (χ2v) is 19.7. The molecule has 0 aromatic heterocycles. The van der Waals surface area contributed by atoms with E-state index in [9.17, 15) is 19.2 Å². The van der Waals surface area contributed by atoms with Gasteiger partial charge in [-0.25, -0.2) is 19.2 Å². The van der Waals surface area contributed by atoms with Gasteiger partial charge in [-0.1, -0.05) is 12.2 Å². The predicted octanol–water partition coefficient (Wildman–Crippen LogP) is -1.60. The van der Waals surface area contributed by atoms with Crippen LogP contribution in [0.3, 0.4) is 0 Å². The summed E-state index contributed by atoms with van der Waals surface area (Å²) in [5.41, 5.74) is -21.9. The quantitative estimate of drug-likeness (QED) is 0.121. The van der Waals surface area contributed by atoms with E-state index in [0.717, 1.165) is 85.3 Å². The predicted molar refractivity (Wildman–Crippen MR) is 222 cm³/mol. The van der Waals surface area contributed by atoms with Gasteiger partial charge in [-0.05, 0) is 35.5 Å². The van der Waals surface area contributed by atoms with Crippen LogP contribution < -0.4 is 0 Å². The normalized spacial score (nSPS) is 43.9. The molecule has 0 aromatic carbocycles. The second kappa shape index (κ2) is 14.3. The molecule has 0 aliphatic heterocycles. The molecule has 18 atom stereocenters. The van der Waals surface area contributed by atoms with E-state index in [4.69, 9.17) is 56.8 Å². The molecule has 384 valence electrons. The van der Waals surface area contributed by atoms with E-state index in [1.165, 1.54) is 12.2 Å². The van der Waals surface area contributed by atoms with E-state index in [0.29, 0.717) is 0 Å². The van der Waals surface area contributed by atoms with Gasteiger partial charge in [0.1, 0.15) is 0 Å². The fourth-order valence-corrected chi connectivity index (χ4v) is 19.5. The fraction of sp³-hybridized carbons (Fsp3) is 0.625. The summed E-state index contributed by atoms with van der Waals surface area (Å²) in [4.78, 5) is 178. The van der Waals surface area contributed by atoms with Gasteiger partial charge < -0.3 is 56.8 Å². The number of fused-ring (bicyclic) bond motifs is 25. The maximum absolute atomic E-state index is 15.6. The van der Waals surface area contributed by atoms with Crippen LogP contribution in [0.2, 0.25) is 0 Å². The van der Waals surface area contributed by atoms with Gasteiger partial charge in [-0.2, -0.15) is 0 Å². The van der Waals surface area contributed by atoms with E-state index < -0.39 is 196 Å². The smallest absolute Gasteiger partial charge is 0.338 e. The average molecular weight is 1010 g/mol. The summed E-state index contributed by atoms with van der Waals surface area (Å²) in [7, 11) is 11.5. The number of rotatable bonds is 12. The lowest BCUT2D eigenvalue weighted by Crippen LogP contribution is -3.14. The topological polar surface area (TPSA) is 316 Å². The molecule has 72 heavy (non-hydrogen) atoms. The van der Waals surface area contributed by atoms with Crippen molar-refractivity contribution >= 4 is 71.6 Å². The van der Waals surface area contributed by atoms with Crippen LogP contribution in [0.4, 0.5) is 0 Å². The molecule has 0 saturated heterocycles. The van der Waals surface area contributed by atoms with Crippen molar-refractivity contribution in [2.75, 3.05) is 85.3 Å². The van der Waals surface area contributed by atoms with Gasteiger partial charge in [0.25, 0.3) is 0 Å². The summed E-state index contributed by atoms with van der Waals surface area (Å²) in [5, 5.41) is 0. The first kappa shape index (κ1) is 48.5. The fourth-order valence-electron chi connectivity index (χ4n) is 19.5. The van der Waals surface area contributed by atoms with Crippen molar-refractivity contribution in [2.45, 2.75) is 0 Å². The van der Waals surface area contributed by atoms with Gasteiger partial charge in [0.2, 0.25) is 0 Å². The Balaban J connectivity index is 1.34. The zero-order valence-corrected chi connectivity index (χ0v) is 40.7. The highest BCUT2D eigenvalue weighted by Crippen LogP contribution is 3.13. The standard InChI is InChI=1S/C48H48O24/c1-61-29(49)15-13-14-16-20(17(15)30(50)62-2)42(34(54)66-6)24-23(41(16,42)33(53)65-5)45(37(57)69-9)27-28(46(24,45)38(58)70-10)48(40(60)72-12)26-25(47(27,48)39(59)71-11)43(35(55)67-7)21-18(31(51)63-3)19(32(52)64-4)22(21)44(26,43)36(56)68-8/h13-14,16,20-28H,1-12H3/t16-,20-,21+,22-,23+,24-,25-,26+,27+,28-,41-,42+,43+,44-,45-,46+,47+,48-/m0/s1. The van der Waals surface area contributed by atoms with Gasteiger partial charge in [0.05, 0.1) is 151 Å². The van der Waals surface area contributed by atoms with Crippen molar-refractivity contribution in [1.29, 1.82) is 0 Å². The molecule has 10 aliphatic carbocycles. The number of carbonyl (C=O) groups excluding carboxylic acids is 12. The lowest BCUT2D eigenvalue weighted by molar-refractivity contribution is -0.606. The van der Waals surface area contributed by atoms with Crippen LogP contribution in [0.15, 0.2) is 34.4 Å². The van der Waals surface area contributed by atoms with Gasteiger partial charge in [-0.3, -0.25) is 38.4 Å². The Bertz CT molecular complexity index is 2860. The van der Waals surface area contributed by atoms with Crippen molar-refractivity contribution in [1.82, 2.24) is 0 Å². The number of ether oxygens (including phenoxy) is 12. The SMILES string of the molecule is COC(=O)C1=C(C(=O)OC)[C@@H]2[C@H](C=C1)[C@@]1(C(=O)OC)[C@H]3[C@H]([C@]4(C(=O)OC)[C@@H]5[C@@H]([C@@]6(C(=O)OC)[C@H]7[C@@H]([C@@]56C(=O)OC)[C@]5(C(=O)OC)[C@H]6C(C(=O)OC)=C(C(=O)OC)[C@H]6[C@]75C(=O)OC)[C@]34C(=O)OC)[C@@]21C(=O)OC. The molecular weight excluding hydrogens is 961 g/mol. The molecule has 0 N–H and O–H groups in total. The molecule has 8 saturated carbocycles. The van der Waals surface area contributed by atoms with Crippen molar-refractivity contribution in [3.63, 3.8) is 0 Å². The summed E-state index contributed by atoms with van der Waals surface area (Å²) in [6.45, 7) is 0. The molecule has 24 heteroatoms. The first-order chi connectivity index (χ1) is 34.2. The zero-order chi connectivity index (χ0) is 52.9. The van der Waals surface area contributed by atoms with Crippen LogP contribution in [-0.2, 0) is 114 Å².